The Hall–Kier alpha value is -3.29. The highest BCUT2D eigenvalue weighted by molar-refractivity contribution is 5.64. The van der Waals surface area contributed by atoms with Crippen molar-refractivity contribution >= 4 is 23.1 Å². The molecule has 2 aromatic carbocycles. The fourth-order valence-electron chi connectivity index (χ4n) is 3.15. The first-order valence-electron chi connectivity index (χ1n) is 10.5. The maximum absolute atomic E-state index is 13.6. The zero-order chi connectivity index (χ0) is 23.3. The van der Waals surface area contributed by atoms with Crippen LogP contribution in [0.1, 0.15) is 38.3 Å². The van der Waals surface area contributed by atoms with Gasteiger partial charge >= 0.3 is 6.18 Å². The number of halogens is 3. The summed E-state index contributed by atoms with van der Waals surface area (Å²) in [5, 5.41) is 2.81. The molecule has 32 heavy (non-hydrogen) atoms. The Morgan fingerprint density at radius 2 is 1.69 bits per heavy atom. The van der Waals surface area contributed by atoms with Crippen LogP contribution in [0.3, 0.4) is 0 Å². The Morgan fingerprint density at radius 1 is 1.03 bits per heavy atom. The maximum Gasteiger partial charge on any atom is 0.421 e. The lowest BCUT2D eigenvalue weighted by atomic mass is 10.1. The van der Waals surface area contributed by atoms with E-state index in [0.717, 1.165) is 30.3 Å². The lowest BCUT2D eigenvalue weighted by molar-refractivity contribution is -0.137. The van der Waals surface area contributed by atoms with Gasteiger partial charge in [0.2, 0.25) is 5.95 Å². The van der Waals surface area contributed by atoms with Gasteiger partial charge in [0.1, 0.15) is 17.1 Å². The van der Waals surface area contributed by atoms with E-state index in [9.17, 15) is 13.2 Å². The highest BCUT2D eigenvalue weighted by Crippen LogP contribution is 2.36. The van der Waals surface area contributed by atoms with Gasteiger partial charge in [-0.05, 0) is 62.2 Å². The first-order valence-corrected chi connectivity index (χ1v) is 10.5. The fraction of sp³-hybridized carbons (Fsp3) is 0.333. The number of aromatic nitrogens is 2. The van der Waals surface area contributed by atoms with Gasteiger partial charge in [-0.15, -0.1) is 0 Å². The number of aryl methyl sites for hydroxylation is 1. The lowest BCUT2D eigenvalue weighted by Gasteiger charge is -2.20. The van der Waals surface area contributed by atoms with Crippen LogP contribution in [-0.4, -0.2) is 23.1 Å². The molecule has 0 spiro atoms. The summed E-state index contributed by atoms with van der Waals surface area (Å²) < 4.78 is 46.3. The van der Waals surface area contributed by atoms with Crippen molar-refractivity contribution in [1.29, 1.82) is 0 Å². The topological polar surface area (TPSA) is 50.3 Å². The second-order valence-corrected chi connectivity index (χ2v) is 7.72. The number of benzene rings is 2. The summed E-state index contributed by atoms with van der Waals surface area (Å²) in [4.78, 5) is 9.77. The predicted octanol–water partition coefficient (Wildman–Crippen LogP) is 6.75. The first kappa shape index (κ1) is 23.4. The molecule has 0 atom stereocenters. The molecular weight excluding hydrogens is 417 g/mol. The van der Waals surface area contributed by atoms with E-state index >= 15 is 0 Å². The van der Waals surface area contributed by atoms with Crippen LogP contribution in [-0.2, 0) is 12.6 Å². The third kappa shape index (κ3) is 5.90. The summed E-state index contributed by atoms with van der Waals surface area (Å²) in [6.07, 6.45) is -1.82. The molecule has 0 bridgehead atoms. The Balaban J connectivity index is 1.89. The van der Waals surface area contributed by atoms with E-state index in [2.05, 4.69) is 22.2 Å². The molecule has 0 unspecified atom stereocenters. The molecule has 3 rings (SSSR count). The molecule has 0 saturated carbocycles. The Labute approximate surface area is 186 Å². The van der Waals surface area contributed by atoms with Crippen molar-refractivity contribution in [3.63, 3.8) is 0 Å². The Bertz CT molecular complexity index is 1020. The SMILES string of the molecule is CCCc1ccc(Nc2nc(N(C)c3ccc(OC(C)C)cc3)ncc2C(F)(F)F)cc1. The van der Waals surface area contributed by atoms with E-state index in [-0.39, 0.29) is 17.9 Å². The van der Waals surface area contributed by atoms with Crippen LogP contribution in [0.2, 0.25) is 0 Å². The molecule has 0 aliphatic carbocycles. The average molecular weight is 445 g/mol. The van der Waals surface area contributed by atoms with Crippen LogP contribution in [0.15, 0.2) is 54.7 Å². The molecule has 0 amide bonds. The molecule has 170 valence electrons. The van der Waals surface area contributed by atoms with Crippen molar-refractivity contribution in [2.45, 2.75) is 45.9 Å². The molecule has 0 fully saturated rings. The second kappa shape index (κ2) is 9.89. The number of rotatable bonds is 8. The molecule has 8 heteroatoms. The van der Waals surface area contributed by atoms with Gasteiger partial charge in [-0.1, -0.05) is 25.5 Å². The lowest BCUT2D eigenvalue weighted by Crippen LogP contribution is -2.17. The van der Waals surface area contributed by atoms with E-state index < -0.39 is 11.7 Å². The number of anilines is 4. The van der Waals surface area contributed by atoms with Gasteiger partial charge in [0.15, 0.2) is 0 Å². The van der Waals surface area contributed by atoms with E-state index in [1.165, 1.54) is 0 Å². The highest BCUT2D eigenvalue weighted by atomic mass is 19.4. The molecule has 5 nitrogen and oxygen atoms in total. The molecule has 1 heterocycles. The minimum atomic E-state index is -4.59. The summed E-state index contributed by atoms with van der Waals surface area (Å²) in [6.45, 7) is 5.94. The van der Waals surface area contributed by atoms with E-state index in [1.54, 1.807) is 48.3 Å². The van der Waals surface area contributed by atoms with Crippen LogP contribution in [0.4, 0.5) is 36.3 Å². The standard InChI is InChI=1S/C24H27F3N4O/c1-5-6-17-7-9-18(10-8-17)29-22-21(24(25,26)27)15-28-23(30-22)31(4)19-11-13-20(14-12-19)32-16(2)3/h7-16H,5-6H2,1-4H3,(H,28,29,30). The van der Waals surface area contributed by atoms with Crippen LogP contribution >= 0.6 is 0 Å². The average Bonchev–Trinajstić information content (AvgIpc) is 2.74. The van der Waals surface area contributed by atoms with Gasteiger partial charge < -0.3 is 15.0 Å². The number of hydrogen-bond acceptors (Lipinski definition) is 5. The van der Waals surface area contributed by atoms with Gasteiger partial charge in [-0.3, -0.25) is 0 Å². The monoisotopic (exact) mass is 444 g/mol. The van der Waals surface area contributed by atoms with Crippen molar-refractivity contribution in [2.75, 3.05) is 17.3 Å². The van der Waals surface area contributed by atoms with Crippen LogP contribution in [0.25, 0.3) is 0 Å². The molecule has 1 N–H and O–H groups in total. The number of ether oxygens (including phenoxy) is 1. The molecule has 1 aromatic heterocycles. The Kier molecular flexibility index (Phi) is 7.22. The van der Waals surface area contributed by atoms with Crippen molar-refractivity contribution in [2.24, 2.45) is 0 Å². The van der Waals surface area contributed by atoms with Crippen molar-refractivity contribution < 1.29 is 17.9 Å². The largest absolute Gasteiger partial charge is 0.491 e. The third-order valence-corrected chi connectivity index (χ3v) is 4.73. The van der Waals surface area contributed by atoms with E-state index in [1.807, 2.05) is 26.0 Å². The zero-order valence-electron chi connectivity index (χ0n) is 18.6. The number of alkyl halides is 3. The summed E-state index contributed by atoms with van der Waals surface area (Å²) in [6, 6.07) is 14.5. The summed E-state index contributed by atoms with van der Waals surface area (Å²) in [5.41, 5.74) is 1.45. The van der Waals surface area contributed by atoms with E-state index in [4.69, 9.17) is 4.74 Å². The van der Waals surface area contributed by atoms with Crippen molar-refractivity contribution in [3.8, 4) is 5.75 Å². The minimum absolute atomic E-state index is 0.0431. The van der Waals surface area contributed by atoms with Crippen molar-refractivity contribution in [3.05, 3.63) is 65.9 Å². The molecule has 0 aliphatic heterocycles. The van der Waals surface area contributed by atoms with Gasteiger partial charge in [0.05, 0.1) is 6.10 Å². The fourth-order valence-corrected chi connectivity index (χ4v) is 3.15. The molecule has 3 aromatic rings. The zero-order valence-corrected chi connectivity index (χ0v) is 18.6. The maximum atomic E-state index is 13.6. The minimum Gasteiger partial charge on any atom is -0.491 e. The predicted molar refractivity (Wildman–Crippen MR) is 121 cm³/mol. The van der Waals surface area contributed by atoms with Gasteiger partial charge in [-0.2, -0.15) is 18.2 Å². The van der Waals surface area contributed by atoms with Crippen molar-refractivity contribution in [1.82, 2.24) is 9.97 Å². The molecule has 0 saturated heterocycles. The third-order valence-electron chi connectivity index (χ3n) is 4.73. The first-order chi connectivity index (χ1) is 15.2. The summed E-state index contributed by atoms with van der Waals surface area (Å²) >= 11 is 0. The van der Waals surface area contributed by atoms with Gasteiger partial charge in [-0.25, -0.2) is 4.98 Å². The quantitative estimate of drug-likeness (QED) is 0.417. The number of nitrogens with zero attached hydrogens (tertiary/aromatic N) is 3. The Morgan fingerprint density at radius 3 is 2.25 bits per heavy atom. The summed E-state index contributed by atoms with van der Waals surface area (Å²) in [7, 11) is 1.70. The second-order valence-electron chi connectivity index (χ2n) is 7.72. The number of hydrogen-bond donors (Lipinski definition) is 1. The smallest absolute Gasteiger partial charge is 0.421 e. The number of nitrogens with one attached hydrogen (secondary N) is 1. The molecule has 0 radical (unpaired) electrons. The van der Waals surface area contributed by atoms with Crippen LogP contribution in [0.5, 0.6) is 5.75 Å². The highest BCUT2D eigenvalue weighted by Gasteiger charge is 2.35. The molecular formula is C24H27F3N4O. The summed E-state index contributed by atoms with van der Waals surface area (Å²) in [5.74, 6) is 0.553. The van der Waals surface area contributed by atoms with Crippen LogP contribution < -0.4 is 15.0 Å². The van der Waals surface area contributed by atoms with Gasteiger partial charge in [0, 0.05) is 24.6 Å². The van der Waals surface area contributed by atoms with E-state index in [0.29, 0.717) is 11.4 Å². The normalized spacial score (nSPS) is 11.5. The van der Waals surface area contributed by atoms with Gasteiger partial charge in [0.25, 0.3) is 0 Å². The van der Waals surface area contributed by atoms with Crippen LogP contribution in [0, 0.1) is 0 Å². The molecule has 0 aliphatic rings.